The molecule has 0 bridgehead atoms. The average molecular weight is 298 g/mol. The number of anilines is 2. The molecule has 0 unspecified atom stereocenters. The largest absolute Gasteiger partial charge is 0.365 e. The van der Waals surface area contributed by atoms with E-state index in [1.807, 2.05) is 77.1 Å². The first-order valence-electron chi connectivity index (χ1n) is 7.04. The van der Waals surface area contributed by atoms with Gasteiger partial charge in [0.05, 0.1) is 12.2 Å². The third-order valence-corrected chi connectivity index (χ3v) is 4.64. The topological polar surface area (TPSA) is 23.6 Å². The van der Waals surface area contributed by atoms with Gasteiger partial charge in [-0.05, 0) is 24.3 Å². The molecular formula is C17H18N2OS. The number of para-hydroxylation sites is 2. The molecule has 3 nitrogen and oxygen atoms in total. The van der Waals surface area contributed by atoms with Gasteiger partial charge >= 0.3 is 0 Å². The van der Waals surface area contributed by atoms with Gasteiger partial charge in [-0.15, -0.1) is 11.8 Å². The van der Waals surface area contributed by atoms with Gasteiger partial charge in [0.2, 0.25) is 5.91 Å². The van der Waals surface area contributed by atoms with Crippen molar-refractivity contribution >= 4 is 29.0 Å². The van der Waals surface area contributed by atoms with Crippen LogP contribution in [0.1, 0.15) is 0 Å². The van der Waals surface area contributed by atoms with Crippen LogP contribution in [0.25, 0.3) is 0 Å². The molecule has 21 heavy (non-hydrogen) atoms. The van der Waals surface area contributed by atoms with Crippen molar-refractivity contribution in [2.45, 2.75) is 4.90 Å². The first-order valence-corrected chi connectivity index (χ1v) is 8.02. The van der Waals surface area contributed by atoms with E-state index in [9.17, 15) is 4.79 Å². The summed E-state index contributed by atoms with van der Waals surface area (Å²) in [4.78, 5) is 17.7. The molecule has 1 aliphatic heterocycles. The minimum absolute atomic E-state index is 0.147. The Balaban J connectivity index is 1.75. The number of hydrogen-bond donors (Lipinski definition) is 0. The van der Waals surface area contributed by atoms with Crippen molar-refractivity contribution in [2.24, 2.45) is 0 Å². The third kappa shape index (κ3) is 3.05. The summed E-state index contributed by atoms with van der Waals surface area (Å²) in [6, 6.07) is 18.1. The van der Waals surface area contributed by atoms with Gasteiger partial charge < -0.3 is 9.80 Å². The number of benzene rings is 2. The van der Waals surface area contributed by atoms with Gasteiger partial charge in [0.1, 0.15) is 0 Å². The van der Waals surface area contributed by atoms with E-state index < -0.39 is 0 Å². The van der Waals surface area contributed by atoms with Crippen molar-refractivity contribution in [2.75, 3.05) is 35.7 Å². The summed E-state index contributed by atoms with van der Waals surface area (Å²) in [6.45, 7) is 1.17. The van der Waals surface area contributed by atoms with Crippen molar-refractivity contribution < 1.29 is 4.79 Å². The Hall–Kier alpha value is -1.94. The van der Waals surface area contributed by atoms with Gasteiger partial charge in [0.15, 0.2) is 0 Å². The summed E-state index contributed by atoms with van der Waals surface area (Å²) in [6.07, 6.45) is 0. The first-order chi connectivity index (χ1) is 10.3. The Morgan fingerprint density at radius 2 is 1.86 bits per heavy atom. The summed E-state index contributed by atoms with van der Waals surface area (Å²) in [5.74, 6) is 1.10. The maximum atomic E-state index is 12.6. The minimum atomic E-state index is 0.147. The van der Waals surface area contributed by atoms with E-state index in [-0.39, 0.29) is 5.91 Å². The molecule has 0 N–H and O–H groups in total. The Morgan fingerprint density at radius 1 is 1.14 bits per heavy atom. The Morgan fingerprint density at radius 3 is 2.67 bits per heavy atom. The van der Waals surface area contributed by atoms with Crippen molar-refractivity contribution in [3.8, 4) is 0 Å². The number of carbonyl (C=O) groups excluding carboxylic acids is 1. The molecule has 4 heteroatoms. The highest BCUT2D eigenvalue weighted by molar-refractivity contribution is 7.99. The summed E-state index contributed by atoms with van der Waals surface area (Å²) < 4.78 is 0. The highest BCUT2D eigenvalue weighted by atomic mass is 32.2. The molecule has 0 aromatic heterocycles. The summed E-state index contributed by atoms with van der Waals surface area (Å²) in [7, 11) is 1.96. The zero-order valence-electron chi connectivity index (χ0n) is 12.0. The van der Waals surface area contributed by atoms with Crippen LogP contribution in [0.3, 0.4) is 0 Å². The lowest BCUT2D eigenvalue weighted by Gasteiger charge is -2.31. The predicted molar refractivity (Wildman–Crippen MR) is 89.2 cm³/mol. The SMILES string of the molecule is CN(CC(=O)N1CCSc2ccccc21)c1ccccc1. The van der Waals surface area contributed by atoms with Crippen LogP contribution < -0.4 is 9.80 Å². The van der Waals surface area contributed by atoms with Crippen molar-refractivity contribution in [3.63, 3.8) is 0 Å². The third-order valence-electron chi connectivity index (χ3n) is 3.60. The van der Waals surface area contributed by atoms with E-state index >= 15 is 0 Å². The minimum Gasteiger partial charge on any atom is -0.365 e. The van der Waals surface area contributed by atoms with Crippen LogP contribution in [0.5, 0.6) is 0 Å². The van der Waals surface area contributed by atoms with Gasteiger partial charge in [0, 0.05) is 29.9 Å². The van der Waals surface area contributed by atoms with Crippen LogP contribution in [-0.2, 0) is 4.79 Å². The van der Waals surface area contributed by atoms with Crippen LogP contribution in [-0.4, -0.2) is 31.8 Å². The molecule has 0 spiro atoms. The number of fused-ring (bicyclic) bond motifs is 1. The monoisotopic (exact) mass is 298 g/mol. The molecule has 3 rings (SSSR count). The second-order valence-corrected chi connectivity index (χ2v) is 6.19. The molecular weight excluding hydrogens is 280 g/mol. The highest BCUT2D eigenvalue weighted by Crippen LogP contribution is 2.34. The summed E-state index contributed by atoms with van der Waals surface area (Å²) >= 11 is 1.82. The van der Waals surface area contributed by atoms with E-state index in [2.05, 4.69) is 6.07 Å². The lowest BCUT2D eigenvalue weighted by atomic mass is 10.2. The molecule has 2 aromatic rings. The molecule has 1 amide bonds. The lowest BCUT2D eigenvalue weighted by Crippen LogP contribution is -2.41. The van der Waals surface area contributed by atoms with Gasteiger partial charge in [0.25, 0.3) is 0 Å². The summed E-state index contributed by atoms with van der Waals surface area (Å²) in [5.41, 5.74) is 2.10. The molecule has 0 fully saturated rings. The number of rotatable bonds is 3. The van der Waals surface area contributed by atoms with Gasteiger partial charge in [-0.3, -0.25) is 4.79 Å². The van der Waals surface area contributed by atoms with Gasteiger partial charge in [-0.25, -0.2) is 0 Å². The quantitative estimate of drug-likeness (QED) is 0.869. The molecule has 108 valence electrons. The average Bonchev–Trinajstić information content (AvgIpc) is 2.55. The van der Waals surface area contributed by atoms with E-state index in [0.29, 0.717) is 6.54 Å². The number of carbonyl (C=O) groups is 1. The van der Waals surface area contributed by atoms with Gasteiger partial charge in [-0.2, -0.15) is 0 Å². The number of hydrogen-bond acceptors (Lipinski definition) is 3. The van der Waals surface area contributed by atoms with Gasteiger partial charge in [-0.1, -0.05) is 30.3 Å². The fourth-order valence-corrected chi connectivity index (χ4v) is 3.49. The maximum absolute atomic E-state index is 12.6. The van der Waals surface area contributed by atoms with E-state index in [1.54, 1.807) is 0 Å². The van der Waals surface area contributed by atoms with Crippen LogP contribution in [0, 0.1) is 0 Å². The molecule has 0 atom stereocenters. The predicted octanol–water partition coefficient (Wildman–Crippen LogP) is 3.26. The van der Waals surface area contributed by atoms with Crippen molar-refractivity contribution in [3.05, 3.63) is 54.6 Å². The number of likely N-dealkylation sites (N-methyl/N-ethyl adjacent to an activating group) is 1. The Kier molecular flexibility index (Phi) is 4.15. The Bertz CT molecular complexity index is 630. The smallest absolute Gasteiger partial charge is 0.246 e. The Labute approximate surface area is 129 Å². The lowest BCUT2D eigenvalue weighted by molar-refractivity contribution is -0.117. The number of nitrogens with zero attached hydrogens (tertiary/aromatic N) is 2. The van der Waals surface area contributed by atoms with Crippen LogP contribution >= 0.6 is 11.8 Å². The molecule has 0 saturated carbocycles. The van der Waals surface area contributed by atoms with E-state index in [1.165, 1.54) is 4.90 Å². The highest BCUT2D eigenvalue weighted by Gasteiger charge is 2.23. The normalized spacial score (nSPS) is 13.7. The maximum Gasteiger partial charge on any atom is 0.246 e. The first kappa shape index (κ1) is 14.0. The van der Waals surface area contributed by atoms with Crippen molar-refractivity contribution in [1.29, 1.82) is 0 Å². The molecule has 0 radical (unpaired) electrons. The number of amides is 1. The van der Waals surface area contributed by atoms with Crippen molar-refractivity contribution in [1.82, 2.24) is 0 Å². The fourth-order valence-electron chi connectivity index (χ4n) is 2.49. The zero-order valence-corrected chi connectivity index (χ0v) is 12.8. The summed E-state index contributed by atoms with van der Waals surface area (Å²) in [5, 5.41) is 0. The second kappa shape index (κ2) is 6.22. The molecule has 1 aliphatic rings. The van der Waals surface area contributed by atoms with E-state index in [0.717, 1.165) is 23.7 Å². The van der Waals surface area contributed by atoms with E-state index in [4.69, 9.17) is 0 Å². The molecule has 0 saturated heterocycles. The van der Waals surface area contributed by atoms with Crippen LogP contribution in [0.4, 0.5) is 11.4 Å². The van der Waals surface area contributed by atoms with Crippen LogP contribution in [0.15, 0.2) is 59.5 Å². The molecule has 1 heterocycles. The number of thioether (sulfide) groups is 1. The molecule has 2 aromatic carbocycles. The molecule has 0 aliphatic carbocycles. The fraction of sp³-hybridized carbons (Fsp3) is 0.235. The standard InChI is InChI=1S/C17H18N2OS/c1-18(14-7-3-2-4-8-14)13-17(20)19-11-12-21-16-10-6-5-9-15(16)19/h2-10H,11-13H2,1H3. The zero-order chi connectivity index (χ0) is 14.7. The van der Waals surface area contributed by atoms with Crippen LogP contribution in [0.2, 0.25) is 0 Å². The second-order valence-electron chi connectivity index (χ2n) is 5.05.